The summed E-state index contributed by atoms with van der Waals surface area (Å²) in [5, 5.41) is 2.52. The quantitative estimate of drug-likeness (QED) is 0.0677. The molecule has 1 atom stereocenters. The zero-order chi connectivity index (χ0) is 56.4. The van der Waals surface area contributed by atoms with Gasteiger partial charge in [0.15, 0.2) is 17.3 Å². The summed E-state index contributed by atoms with van der Waals surface area (Å²) < 4.78 is 0. The number of nitrogens with two attached hydrogens (primary N) is 1. The summed E-state index contributed by atoms with van der Waals surface area (Å²) in [6, 6.07) is 24.3. The van der Waals surface area contributed by atoms with Crippen LogP contribution in [0.3, 0.4) is 0 Å². The first-order valence-electron chi connectivity index (χ1n) is 25.9. The van der Waals surface area contributed by atoms with Crippen molar-refractivity contribution in [2.45, 2.75) is 204 Å². The van der Waals surface area contributed by atoms with Gasteiger partial charge in [-0.25, -0.2) is 0 Å². The average molecular weight is 974 g/mol. The van der Waals surface area contributed by atoms with E-state index in [1.165, 1.54) is 77.1 Å². The van der Waals surface area contributed by atoms with Crippen molar-refractivity contribution in [3.8, 4) is 0 Å². The van der Waals surface area contributed by atoms with Crippen LogP contribution in [-0.2, 0) is 25.6 Å². The van der Waals surface area contributed by atoms with Gasteiger partial charge in [-0.15, -0.1) is 6.58 Å². The molecule has 3 rings (SSSR count). The summed E-state index contributed by atoms with van der Waals surface area (Å²) in [6.07, 6.45) is 9.67. The van der Waals surface area contributed by atoms with E-state index in [1.807, 2.05) is 103 Å². The zero-order valence-electron chi connectivity index (χ0n) is 49.6. The number of hydrogen-bond acceptors (Lipinski definition) is 6. The molecule has 0 saturated heterocycles. The molecule has 0 aliphatic carbocycles. The van der Waals surface area contributed by atoms with Crippen molar-refractivity contribution >= 4 is 35.1 Å². The zero-order valence-corrected chi connectivity index (χ0v) is 49.6. The second-order valence-electron chi connectivity index (χ2n) is 17.4. The van der Waals surface area contributed by atoms with Crippen LogP contribution in [-0.4, -0.2) is 36.6 Å². The minimum atomic E-state index is -0.153. The molecule has 7 heteroatoms. The van der Waals surface area contributed by atoms with Gasteiger partial charge in [0.25, 0.3) is 0 Å². The highest BCUT2D eigenvalue weighted by atomic mass is 16.1. The third kappa shape index (κ3) is 50.9. The summed E-state index contributed by atoms with van der Waals surface area (Å²) in [7, 11) is 1.50. The van der Waals surface area contributed by atoms with E-state index in [0.29, 0.717) is 29.7 Å². The van der Waals surface area contributed by atoms with Crippen LogP contribution in [0.4, 0.5) is 0 Å². The van der Waals surface area contributed by atoms with E-state index in [1.54, 1.807) is 13.8 Å². The largest absolute Gasteiger partial charge is 0.333 e. The van der Waals surface area contributed by atoms with Crippen LogP contribution in [0.2, 0.25) is 0 Å². The number of Topliss-reactive ketones (excluding diaryl/α,β-unsaturated/α-hetero) is 4. The molecule has 0 aliphatic heterocycles. The first kappa shape index (κ1) is 79.1. The summed E-state index contributed by atoms with van der Waals surface area (Å²) in [6.45, 7) is 48.9. The lowest BCUT2D eigenvalue weighted by Gasteiger charge is -2.15. The molecule has 1 amide bonds. The van der Waals surface area contributed by atoms with Gasteiger partial charge in [-0.3, -0.25) is 19.2 Å². The van der Waals surface area contributed by atoms with Crippen molar-refractivity contribution in [3.63, 3.8) is 0 Å². The lowest BCUT2D eigenvalue weighted by molar-refractivity contribution is -0.115. The minimum absolute atomic E-state index is 0.0647. The van der Waals surface area contributed by atoms with Gasteiger partial charge in [-0.2, -0.15) is 0 Å². The molecule has 0 aliphatic rings. The molecule has 1 unspecified atom stereocenters. The predicted molar refractivity (Wildman–Crippen MR) is 312 cm³/mol. The monoisotopic (exact) mass is 973 g/mol. The Hall–Kier alpha value is -5.01. The fourth-order valence-electron chi connectivity index (χ4n) is 5.03. The summed E-state index contributed by atoms with van der Waals surface area (Å²) in [5.41, 5.74) is 13.9. The summed E-state index contributed by atoms with van der Waals surface area (Å²) in [4.78, 5) is 55.1. The lowest BCUT2D eigenvalue weighted by Crippen LogP contribution is -2.15. The predicted octanol–water partition coefficient (Wildman–Crippen LogP) is 17.4. The van der Waals surface area contributed by atoms with Crippen LogP contribution in [0, 0.1) is 38.5 Å². The number of rotatable bonds is 15. The number of hydrogen-bond donors (Lipinski definition) is 2. The van der Waals surface area contributed by atoms with Gasteiger partial charge in [0.05, 0.1) is 0 Å². The Balaban J connectivity index is -0.000000145. The summed E-state index contributed by atoms with van der Waals surface area (Å²) >= 11 is 0. The molecule has 70 heavy (non-hydrogen) atoms. The Morgan fingerprint density at radius 2 is 0.929 bits per heavy atom. The van der Waals surface area contributed by atoms with Crippen molar-refractivity contribution in [2.75, 3.05) is 7.05 Å². The highest BCUT2D eigenvalue weighted by molar-refractivity contribution is 6.04. The molecule has 400 valence electrons. The Morgan fingerprint density at radius 1 is 0.586 bits per heavy atom. The smallest absolute Gasteiger partial charge is 0.211 e. The fraction of sp³-hybridized carbons (Fsp3) is 0.540. The first-order valence-corrected chi connectivity index (χ1v) is 25.9. The normalized spacial score (nSPS) is 10.3. The Kier molecular flexibility index (Phi) is 62.1. The molecule has 7 nitrogen and oxygen atoms in total. The fourth-order valence-corrected chi connectivity index (χ4v) is 5.03. The number of carbonyl (C=O) groups excluding carboxylic acids is 5. The molecule has 3 aromatic carbocycles. The van der Waals surface area contributed by atoms with Gasteiger partial charge in [-0.05, 0) is 123 Å². The van der Waals surface area contributed by atoms with Crippen molar-refractivity contribution in [1.29, 1.82) is 0 Å². The Morgan fingerprint density at radius 3 is 1.17 bits per heavy atom. The topological polar surface area (TPSA) is 123 Å². The molecule has 3 N–H and O–H groups in total. The number of carbonyl (C=O) groups is 5. The molecule has 0 aromatic heterocycles. The van der Waals surface area contributed by atoms with Crippen molar-refractivity contribution in [1.82, 2.24) is 5.32 Å². The van der Waals surface area contributed by atoms with E-state index >= 15 is 0 Å². The number of amides is 1. The van der Waals surface area contributed by atoms with Crippen LogP contribution in [0.25, 0.3) is 5.57 Å². The molecule has 3 aromatic rings. The van der Waals surface area contributed by atoms with Gasteiger partial charge >= 0.3 is 0 Å². The highest BCUT2D eigenvalue weighted by Gasteiger charge is 2.18. The first-order chi connectivity index (χ1) is 32.9. The van der Waals surface area contributed by atoms with Crippen LogP contribution in [0.5, 0.6) is 0 Å². The second kappa shape index (κ2) is 54.9. The third-order valence-corrected chi connectivity index (χ3v) is 9.34. The molecule has 0 bridgehead atoms. The van der Waals surface area contributed by atoms with E-state index in [0.717, 1.165) is 46.4 Å². The van der Waals surface area contributed by atoms with Crippen LogP contribution < -0.4 is 11.1 Å². The lowest BCUT2D eigenvalue weighted by atomic mass is 9.89. The van der Waals surface area contributed by atoms with E-state index in [4.69, 9.17) is 0 Å². The standard InChI is InChI=1S/C20H25NO3.C10H14.C9H10O.C8H16.2C4H10.C3H6O.2C2H6.CH5N/c1-6-18(17-9-7-13(2)8-10-17)20(16(5)24)11-19(15(4)23)14(3)21-12-22;1-3-4-10-7-5-9(2)6-8-10;1-7-3-5-9(6-4-7)8(2)10;1-5-6-8(4)7(2)3;1-4(2)3;1-3-4-2;1-3(2)4;3*1-2/h7-10,12H,6,11H2,1-5H3,(H,21,22);5-8H,3-4H2,1-2H3;3-6H,1-2H3;5,7-8H,1,6H2,2-4H3;4H,1-3H3;3-4H2,1-2H3;1-2H3;2*1-2H3;2H2,1H3/b19-14-,20-18-;;;;;;;;;. The Labute approximate surface area is 433 Å². The van der Waals surface area contributed by atoms with E-state index in [2.05, 4.69) is 111 Å². The van der Waals surface area contributed by atoms with Gasteiger partial charge in [-0.1, -0.05) is 212 Å². The SMILES string of the molecule is C=CCC(C)C(C)C.CC.CC.CC(=O)c1ccc(C)cc1.CC(C)=O.CC(C)C.CC/C(=C(\C/C(C(C)=O)=C(\C)NC=O)C(C)=O)c1ccc(C)cc1.CCCC.CCCc1ccc(C)cc1.CN. The molecule has 0 heterocycles. The van der Waals surface area contributed by atoms with Gasteiger partial charge in [0, 0.05) is 28.8 Å². The molecule has 0 radical (unpaired) electrons. The van der Waals surface area contributed by atoms with Crippen LogP contribution >= 0.6 is 0 Å². The van der Waals surface area contributed by atoms with Gasteiger partial charge < -0.3 is 15.8 Å². The van der Waals surface area contributed by atoms with E-state index in [-0.39, 0.29) is 29.6 Å². The number of aryl methyl sites for hydroxylation is 4. The van der Waals surface area contributed by atoms with Gasteiger partial charge in [0.1, 0.15) is 5.78 Å². The number of allylic oxidation sites excluding steroid dienone is 5. The minimum Gasteiger partial charge on any atom is -0.333 e. The summed E-state index contributed by atoms with van der Waals surface area (Å²) in [5.74, 6) is 2.51. The number of nitrogens with one attached hydrogen (secondary N) is 1. The average Bonchev–Trinajstić information content (AvgIpc) is 3.31. The second-order valence-corrected chi connectivity index (χ2v) is 17.4. The van der Waals surface area contributed by atoms with Crippen LogP contribution in [0.15, 0.2) is 102 Å². The molecule has 0 saturated carbocycles. The van der Waals surface area contributed by atoms with Gasteiger partial charge in [0.2, 0.25) is 6.41 Å². The van der Waals surface area contributed by atoms with Crippen molar-refractivity contribution in [3.05, 3.63) is 136 Å². The number of unbranched alkanes of at least 4 members (excludes halogenated alkanes) is 1. The Bertz CT molecular complexity index is 1790. The maximum Gasteiger partial charge on any atom is 0.211 e. The molecule has 0 fully saturated rings. The third-order valence-electron chi connectivity index (χ3n) is 9.34. The van der Waals surface area contributed by atoms with E-state index < -0.39 is 0 Å². The maximum absolute atomic E-state index is 12.2. The van der Waals surface area contributed by atoms with Crippen LogP contribution in [0.1, 0.15) is 215 Å². The molecular formula is C63H108N2O5. The van der Waals surface area contributed by atoms with Crippen molar-refractivity contribution < 1.29 is 24.0 Å². The van der Waals surface area contributed by atoms with Crippen molar-refractivity contribution in [2.24, 2.45) is 23.5 Å². The van der Waals surface area contributed by atoms with E-state index in [9.17, 15) is 24.0 Å². The molecular weight excluding hydrogens is 865 g/mol. The highest BCUT2D eigenvalue weighted by Crippen LogP contribution is 2.28. The maximum atomic E-state index is 12.2. The molecule has 0 spiro atoms. The number of ketones is 4. The number of benzene rings is 3.